The number of carbonyl (C=O) groups is 2. The van der Waals surface area contributed by atoms with Gasteiger partial charge in [0.15, 0.2) is 0 Å². The molecule has 2 amide bonds. The van der Waals surface area contributed by atoms with Gasteiger partial charge >= 0.3 is 0 Å². The van der Waals surface area contributed by atoms with Gasteiger partial charge in [-0.1, -0.05) is 54.6 Å². The van der Waals surface area contributed by atoms with Crippen molar-refractivity contribution in [2.45, 2.75) is 32.9 Å². The largest absolute Gasteiger partial charge is 0.332 e. The number of nitrogens with zero attached hydrogens (tertiary/aromatic N) is 2. The van der Waals surface area contributed by atoms with Gasteiger partial charge in [0.25, 0.3) is 11.8 Å². The molecule has 0 fully saturated rings. The number of amides is 2. The zero-order valence-electron chi connectivity index (χ0n) is 17.4. The Bertz CT molecular complexity index is 1060. The van der Waals surface area contributed by atoms with E-state index in [1.165, 1.54) is 5.56 Å². The van der Waals surface area contributed by atoms with Gasteiger partial charge < -0.3 is 9.80 Å². The fraction of sp³-hybridized carbons (Fsp3) is 0.231. The number of hydrogen-bond donors (Lipinski definition) is 0. The highest BCUT2D eigenvalue weighted by Gasteiger charge is 2.26. The highest BCUT2D eigenvalue weighted by atomic mass is 16.2. The molecule has 1 aliphatic heterocycles. The summed E-state index contributed by atoms with van der Waals surface area (Å²) in [4.78, 5) is 30.1. The molecule has 4 heteroatoms. The molecule has 0 unspecified atom stereocenters. The van der Waals surface area contributed by atoms with Crippen molar-refractivity contribution in [3.63, 3.8) is 0 Å². The maximum absolute atomic E-state index is 13.3. The van der Waals surface area contributed by atoms with Gasteiger partial charge in [-0.25, -0.2) is 0 Å². The van der Waals surface area contributed by atoms with Crippen molar-refractivity contribution < 1.29 is 9.59 Å². The van der Waals surface area contributed by atoms with Gasteiger partial charge in [-0.05, 0) is 55.7 Å². The molecule has 0 saturated heterocycles. The summed E-state index contributed by atoms with van der Waals surface area (Å²) in [6.07, 6.45) is 0.860. The first-order chi connectivity index (χ1) is 14.5. The minimum absolute atomic E-state index is 0.0440. The SMILES string of the molecule is CC(C)N(Cc1ccccc1)C(=O)c1cccc(C(=O)N2CCc3ccccc32)c1. The molecule has 0 spiro atoms. The van der Waals surface area contributed by atoms with Crippen LogP contribution in [0.5, 0.6) is 0 Å². The molecule has 1 heterocycles. The van der Waals surface area contributed by atoms with E-state index in [2.05, 4.69) is 6.07 Å². The summed E-state index contributed by atoms with van der Waals surface area (Å²) in [7, 11) is 0. The zero-order valence-corrected chi connectivity index (χ0v) is 17.4. The van der Waals surface area contributed by atoms with Crippen LogP contribution in [0.4, 0.5) is 5.69 Å². The average molecular weight is 399 g/mol. The highest BCUT2D eigenvalue weighted by molar-refractivity contribution is 6.08. The third-order valence-electron chi connectivity index (χ3n) is 5.57. The number of benzene rings is 3. The average Bonchev–Trinajstić information content (AvgIpc) is 3.21. The van der Waals surface area contributed by atoms with Crippen LogP contribution in [0, 0.1) is 0 Å². The molecule has 0 atom stereocenters. The molecule has 0 aromatic heterocycles. The molecule has 0 saturated carbocycles. The van der Waals surface area contributed by atoms with Crippen molar-refractivity contribution in [1.82, 2.24) is 4.90 Å². The van der Waals surface area contributed by atoms with Gasteiger partial charge in [0.1, 0.15) is 0 Å². The lowest BCUT2D eigenvalue weighted by Crippen LogP contribution is -2.36. The van der Waals surface area contributed by atoms with E-state index in [0.717, 1.165) is 17.7 Å². The first-order valence-electron chi connectivity index (χ1n) is 10.4. The Morgan fingerprint density at radius 1 is 0.900 bits per heavy atom. The van der Waals surface area contributed by atoms with E-state index in [1.54, 1.807) is 24.3 Å². The quantitative estimate of drug-likeness (QED) is 0.611. The van der Waals surface area contributed by atoms with Crippen LogP contribution in [0.15, 0.2) is 78.9 Å². The van der Waals surface area contributed by atoms with Crippen molar-refractivity contribution in [3.05, 3.63) is 101 Å². The summed E-state index contributed by atoms with van der Waals surface area (Å²) in [6.45, 7) is 5.23. The Morgan fingerprint density at radius 3 is 2.37 bits per heavy atom. The van der Waals surface area contributed by atoms with Crippen LogP contribution in [0.2, 0.25) is 0 Å². The molecule has 0 N–H and O–H groups in total. The molecule has 0 bridgehead atoms. The van der Waals surface area contributed by atoms with E-state index in [4.69, 9.17) is 0 Å². The second kappa shape index (κ2) is 8.54. The molecule has 0 radical (unpaired) electrons. The highest BCUT2D eigenvalue weighted by Crippen LogP contribution is 2.29. The summed E-state index contributed by atoms with van der Waals surface area (Å²) < 4.78 is 0. The Labute approximate surface area is 177 Å². The predicted octanol–water partition coefficient (Wildman–Crippen LogP) is 4.94. The van der Waals surface area contributed by atoms with Crippen molar-refractivity contribution in [2.75, 3.05) is 11.4 Å². The van der Waals surface area contributed by atoms with E-state index in [1.807, 2.05) is 72.2 Å². The smallest absolute Gasteiger partial charge is 0.258 e. The number of fused-ring (bicyclic) bond motifs is 1. The lowest BCUT2D eigenvalue weighted by Gasteiger charge is -2.27. The van der Waals surface area contributed by atoms with Crippen molar-refractivity contribution >= 4 is 17.5 Å². The second-order valence-corrected chi connectivity index (χ2v) is 7.93. The second-order valence-electron chi connectivity index (χ2n) is 7.93. The van der Waals surface area contributed by atoms with Gasteiger partial charge in [0.05, 0.1) is 0 Å². The van der Waals surface area contributed by atoms with Crippen LogP contribution in [-0.4, -0.2) is 29.3 Å². The van der Waals surface area contributed by atoms with E-state index >= 15 is 0 Å². The van der Waals surface area contributed by atoms with Crippen molar-refractivity contribution in [1.29, 1.82) is 0 Å². The normalized spacial score (nSPS) is 12.7. The third kappa shape index (κ3) is 3.99. The molecule has 0 aliphatic carbocycles. The number of hydrogen-bond acceptors (Lipinski definition) is 2. The minimum atomic E-state index is -0.0645. The summed E-state index contributed by atoms with van der Waals surface area (Å²) in [5.41, 5.74) is 4.32. The van der Waals surface area contributed by atoms with Gasteiger partial charge in [0.2, 0.25) is 0 Å². The van der Waals surface area contributed by atoms with Crippen molar-refractivity contribution in [3.8, 4) is 0 Å². The number of para-hydroxylation sites is 1. The Morgan fingerprint density at radius 2 is 1.60 bits per heavy atom. The minimum Gasteiger partial charge on any atom is -0.332 e. The van der Waals surface area contributed by atoms with Crippen LogP contribution in [-0.2, 0) is 13.0 Å². The first kappa shape index (κ1) is 19.9. The number of anilines is 1. The summed E-state index contributed by atoms with van der Waals surface area (Å²) >= 11 is 0. The Kier molecular flexibility index (Phi) is 5.66. The van der Waals surface area contributed by atoms with Gasteiger partial charge in [0, 0.05) is 35.9 Å². The molecule has 3 aromatic carbocycles. The van der Waals surface area contributed by atoms with Gasteiger partial charge in [-0.3, -0.25) is 9.59 Å². The lowest BCUT2D eigenvalue weighted by atomic mass is 10.1. The molecule has 3 aromatic rings. The molecule has 4 rings (SSSR count). The Balaban J connectivity index is 1.58. The standard InChI is InChI=1S/C26H26N2O2/c1-19(2)28(18-20-9-4-3-5-10-20)26(30)23-13-8-12-22(17-23)25(29)27-16-15-21-11-6-7-14-24(21)27/h3-14,17,19H,15-16,18H2,1-2H3. The number of rotatable bonds is 5. The fourth-order valence-electron chi connectivity index (χ4n) is 3.93. The zero-order chi connectivity index (χ0) is 21.1. The predicted molar refractivity (Wildman–Crippen MR) is 120 cm³/mol. The van der Waals surface area contributed by atoms with E-state index in [0.29, 0.717) is 24.2 Å². The molecular formula is C26H26N2O2. The molecule has 4 nitrogen and oxygen atoms in total. The monoisotopic (exact) mass is 398 g/mol. The summed E-state index contributed by atoms with van der Waals surface area (Å²) in [5.74, 6) is -0.126. The van der Waals surface area contributed by atoms with Crippen LogP contribution < -0.4 is 4.90 Å². The third-order valence-corrected chi connectivity index (χ3v) is 5.57. The molecular weight excluding hydrogens is 372 g/mol. The van der Waals surface area contributed by atoms with E-state index in [-0.39, 0.29) is 17.9 Å². The molecule has 1 aliphatic rings. The molecule has 30 heavy (non-hydrogen) atoms. The van der Waals surface area contributed by atoms with Crippen LogP contribution in [0.3, 0.4) is 0 Å². The van der Waals surface area contributed by atoms with Crippen molar-refractivity contribution in [2.24, 2.45) is 0 Å². The Hall–Kier alpha value is -3.40. The van der Waals surface area contributed by atoms with E-state index in [9.17, 15) is 9.59 Å². The number of carbonyl (C=O) groups excluding carboxylic acids is 2. The maximum atomic E-state index is 13.3. The lowest BCUT2D eigenvalue weighted by molar-refractivity contribution is 0.0690. The maximum Gasteiger partial charge on any atom is 0.258 e. The van der Waals surface area contributed by atoms with Gasteiger partial charge in [-0.2, -0.15) is 0 Å². The summed E-state index contributed by atoms with van der Waals surface area (Å²) in [6, 6.07) is 25.1. The topological polar surface area (TPSA) is 40.6 Å². The molecule has 152 valence electrons. The fourth-order valence-corrected chi connectivity index (χ4v) is 3.93. The van der Waals surface area contributed by atoms with E-state index < -0.39 is 0 Å². The van der Waals surface area contributed by atoms with Gasteiger partial charge in [-0.15, -0.1) is 0 Å². The summed E-state index contributed by atoms with van der Waals surface area (Å²) in [5, 5.41) is 0. The van der Waals surface area contributed by atoms with Crippen LogP contribution in [0.1, 0.15) is 45.7 Å². The van der Waals surface area contributed by atoms with Crippen LogP contribution >= 0.6 is 0 Å². The van der Waals surface area contributed by atoms with Crippen LogP contribution in [0.25, 0.3) is 0 Å². The first-order valence-corrected chi connectivity index (χ1v) is 10.4.